The van der Waals surface area contributed by atoms with E-state index in [1.165, 1.54) is 36.3 Å². The van der Waals surface area contributed by atoms with Crippen LogP contribution in [0, 0.1) is 6.92 Å². The van der Waals surface area contributed by atoms with Crippen LogP contribution in [-0.4, -0.2) is 43.9 Å². The Morgan fingerprint density at radius 1 is 1.15 bits per heavy atom. The molecule has 0 aliphatic carbocycles. The molecule has 0 radical (unpaired) electrons. The summed E-state index contributed by atoms with van der Waals surface area (Å²) in [6.45, 7) is 7.45. The van der Waals surface area contributed by atoms with Crippen LogP contribution in [0.5, 0.6) is 0 Å². The molecule has 0 spiro atoms. The molecule has 3 aromatic rings. The van der Waals surface area contributed by atoms with Crippen LogP contribution in [0.1, 0.15) is 42.1 Å². The summed E-state index contributed by atoms with van der Waals surface area (Å²) in [5, 5.41) is 4.39. The number of aryl methyl sites for hydroxylation is 2. The molecule has 5 heteroatoms. The van der Waals surface area contributed by atoms with E-state index in [1.807, 2.05) is 12.4 Å². The van der Waals surface area contributed by atoms with Gasteiger partial charge in [-0.05, 0) is 50.4 Å². The number of benzene rings is 1. The monoisotopic (exact) mass is 363 g/mol. The molecule has 1 saturated heterocycles. The van der Waals surface area contributed by atoms with Crippen LogP contribution in [-0.2, 0) is 13.1 Å². The normalized spacial score (nSPS) is 18.0. The van der Waals surface area contributed by atoms with Crippen LogP contribution >= 0.6 is 0 Å². The minimum absolute atomic E-state index is 0.532. The van der Waals surface area contributed by atoms with Gasteiger partial charge in [0.2, 0.25) is 0 Å². The molecule has 1 aliphatic heterocycles. The molecule has 0 N–H and O–H groups in total. The number of aromatic nitrogens is 4. The van der Waals surface area contributed by atoms with E-state index in [0.717, 1.165) is 32.6 Å². The van der Waals surface area contributed by atoms with E-state index in [9.17, 15) is 0 Å². The van der Waals surface area contributed by atoms with Crippen molar-refractivity contribution in [1.82, 2.24) is 24.2 Å². The third-order valence-corrected chi connectivity index (χ3v) is 5.44. The minimum Gasteiger partial charge on any atom is -0.330 e. The number of hydrogen-bond acceptors (Lipinski definition) is 3. The molecule has 27 heavy (non-hydrogen) atoms. The second-order valence-corrected chi connectivity index (χ2v) is 7.67. The van der Waals surface area contributed by atoms with Crippen molar-refractivity contribution in [2.45, 2.75) is 45.2 Å². The summed E-state index contributed by atoms with van der Waals surface area (Å²) in [5.74, 6) is 1.77. The van der Waals surface area contributed by atoms with Crippen molar-refractivity contribution in [1.29, 1.82) is 0 Å². The molecular formula is C22H29N5. The third-order valence-electron chi connectivity index (χ3n) is 5.44. The van der Waals surface area contributed by atoms with Crippen molar-refractivity contribution in [2.24, 2.45) is 0 Å². The van der Waals surface area contributed by atoms with Crippen molar-refractivity contribution in [2.75, 3.05) is 19.6 Å². The molecule has 1 aromatic carbocycles. The average molecular weight is 364 g/mol. The fourth-order valence-electron chi connectivity index (χ4n) is 4.11. The lowest BCUT2D eigenvalue weighted by Gasteiger charge is -2.32. The van der Waals surface area contributed by atoms with E-state index in [0.29, 0.717) is 5.92 Å². The van der Waals surface area contributed by atoms with E-state index >= 15 is 0 Å². The molecule has 0 bridgehead atoms. The molecule has 0 unspecified atom stereocenters. The first kappa shape index (κ1) is 18.0. The molecule has 1 fully saturated rings. The van der Waals surface area contributed by atoms with Gasteiger partial charge in [-0.1, -0.05) is 30.3 Å². The highest BCUT2D eigenvalue weighted by molar-refractivity contribution is 5.16. The van der Waals surface area contributed by atoms with Crippen molar-refractivity contribution in [3.05, 3.63) is 72.1 Å². The Kier molecular flexibility index (Phi) is 5.68. The van der Waals surface area contributed by atoms with Crippen LogP contribution in [0.25, 0.3) is 0 Å². The van der Waals surface area contributed by atoms with Gasteiger partial charge in [-0.2, -0.15) is 5.10 Å². The predicted molar refractivity (Wildman–Crippen MR) is 108 cm³/mol. The highest BCUT2D eigenvalue weighted by Gasteiger charge is 2.24. The summed E-state index contributed by atoms with van der Waals surface area (Å²) >= 11 is 0. The summed E-state index contributed by atoms with van der Waals surface area (Å²) in [5.41, 5.74) is 2.57. The lowest BCUT2D eigenvalue weighted by molar-refractivity contribution is 0.197. The largest absolute Gasteiger partial charge is 0.330 e. The van der Waals surface area contributed by atoms with Crippen LogP contribution < -0.4 is 0 Å². The van der Waals surface area contributed by atoms with Crippen molar-refractivity contribution in [3.8, 4) is 0 Å². The first-order valence-corrected chi connectivity index (χ1v) is 10.0. The molecule has 2 aromatic heterocycles. The van der Waals surface area contributed by atoms with Gasteiger partial charge in [-0.15, -0.1) is 0 Å². The van der Waals surface area contributed by atoms with Gasteiger partial charge >= 0.3 is 0 Å². The second-order valence-electron chi connectivity index (χ2n) is 7.67. The molecule has 1 atom stereocenters. The van der Waals surface area contributed by atoms with Gasteiger partial charge in [-0.3, -0.25) is 4.68 Å². The summed E-state index contributed by atoms with van der Waals surface area (Å²) < 4.78 is 4.39. The van der Waals surface area contributed by atoms with Crippen LogP contribution in [0.3, 0.4) is 0 Å². The molecule has 4 rings (SSSR count). The van der Waals surface area contributed by atoms with Gasteiger partial charge in [0.25, 0.3) is 0 Å². The number of likely N-dealkylation sites (tertiary alicyclic amines) is 1. The highest BCUT2D eigenvalue weighted by atomic mass is 15.3. The maximum Gasteiger partial charge on any atom is 0.113 e. The van der Waals surface area contributed by atoms with E-state index in [-0.39, 0.29) is 0 Å². The number of hydrogen-bond donors (Lipinski definition) is 0. The Labute approximate surface area is 161 Å². The SMILES string of the molecule is Cc1cnn(CCCN2CCC[C@@H](c3nccn3Cc3ccccc3)C2)c1. The number of rotatable bonds is 7. The van der Waals surface area contributed by atoms with Gasteiger partial charge < -0.3 is 9.47 Å². The predicted octanol–water partition coefficient (Wildman–Crippen LogP) is 3.71. The fourth-order valence-corrected chi connectivity index (χ4v) is 4.11. The number of imidazole rings is 1. The van der Waals surface area contributed by atoms with E-state index in [2.05, 4.69) is 68.9 Å². The van der Waals surface area contributed by atoms with Crippen molar-refractivity contribution in [3.63, 3.8) is 0 Å². The first-order valence-electron chi connectivity index (χ1n) is 10.0. The Hall–Kier alpha value is -2.40. The molecule has 0 saturated carbocycles. The Balaban J connectivity index is 1.33. The van der Waals surface area contributed by atoms with E-state index in [4.69, 9.17) is 4.98 Å². The van der Waals surface area contributed by atoms with E-state index in [1.54, 1.807) is 0 Å². The third kappa shape index (κ3) is 4.66. The smallest absolute Gasteiger partial charge is 0.113 e. The zero-order valence-corrected chi connectivity index (χ0v) is 16.2. The Morgan fingerprint density at radius 2 is 2.04 bits per heavy atom. The lowest BCUT2D eigenvalue weighted by Crippen LogP contribution is -2.36. The van der Waals surface area contributed by atoms with Gasteiger partial charge in [0.05, 0.1) is 6.20 Å². The molecule has 142 valence electrons. The molecule has 5 nitrogen and oxygen atoms in total. The quantitative estimate of drug-likeness (QED) is 0.642. The summed E-state index contributed by atoms with van der Waals surface area (Å²) in [4.78, 5) is 7.33. The van der Waals surface area contributed by atoms with Crippen LogP contribution in [0.2, 0.25) is 0 Å². The van der Waals surface area contributed by atoms with Gasteiger partial charge in [0.1, 0.15) is 5.82 Å². The molecular weight excluding hydrogens is 334 g/mol. The lowest BCUT2D eigenvalue weighted by atomic mass is 9.97. The number of nitrogens with zero attached hydrogens (tertiary/aromatic N) is 5. The standard InChI is InChI=1S/C22H29N5/c1-19-15-24-27(16-19)13-6-12-25-11-5-9-21(18-25)22-23-10-14-26(22)17-20-7-3-2-4-8-20/h2-4,7-8,10,14-16,21H,5-6,9,11-13,17-18H2,1H3/t21-/m1/s1. The summed E-state index contributed by atoms with van der Waals surface area (Å²) in [7, 11) is 0. The average Bonchev–Trinajstić information content (AvgIpc) is 3.32. The maximum atomic E-state index is 4.72. The molecule has 3 heterocycles. The minimum atomic E-state index is 0.532. The first-order chi connectivity index (χ1) is 13.3. The van der Waals surface area contributed by atoms with Crippen molar-refractivity contribution >= 4 is 0 Å². The van der Waals surface area contributed by atoms with Crippen LogP contribution in [0.15, 0.2) is 55.1 Å². The zero-order chi connectivity index (χ0) is 18.5. The fraction of sp³-hybridized carbons (Fsp3) is 0.455. The summed E-state index contributed by atoms with van der Waals surface area (Å²) in [6, 6.07) is 10.7. The Bertz CT molecular complexity index is 835. The topological polar surface area (TPSA) is 38.9 Å². The van der Waals surface area contributed by atoms with Gasteiger partial charge in [-0.25, -0.2) is 4.98 Å². The van der Waals surface area contributed by atoms with Gasteiger partial charge in [0.15, 0.2) is 0 Å². The van der Waals surface area contributed by atoms with Gasteiger partial charge in [0, 0.05) is 44.1 Å². The van der Waals surface area contributed by atoms with Crippen molar-refractivity contribution < 1.29 is 0 Å². The molecule has 0 amide bonds. The zero-order valence-electron chi connectivity index (χ0n) is 16.2. The highest BCUT2D eigenvalue weighted by Crippen LogP contribution is 2.26. The second kappa shape index (κ2) is 8.53. The Morgan fingerprint density at radius 3 is 2.85 bits per heavy atom. The summed E-state index contributed by atoms with van der Waals surface area (Å²) in [6.07, 6.45) is 11.8. The van der Waals surface area contributed by atoms with E-state index < -0.39 is 0 Å². The maximum absolute atomic E-state index is 4.72. The van der Waals surface area contributed by atoms with Crippen LogP contribution in [0.4, 0.5) is 0 Å². The number of piperidine rings is 1. The molecule has 1 aliphatic rings.